The molecule has 3 aromatic rings. The number of methoxy groups -OCH3 is 1. The number of hydrogen-bond donors (Lipinski definition) is 0. The highest BCUT2D eigenvalue weighted by Gasteiger charge is 2.35. The van der Waals surface area contributed by atoms with Gasteiger partial charge in [0.05, 0.1) is 18.6 Å². The number of ether oxygens (including phenoxy) is 2. The number of hydrogen-bond acceptors (Lipinski definition) is 5. The molecule has 1 saturated heterocycles. The molecular weight excluding hydrogens is 448 g/mol. The van der Waals surface area contributed by atoms with Crippen molar-refractivity contribution in [2.45, 2.75) is 13.2 Å². The van der Waals surface area contributed by atoms with Gasteiger partial charge >= 0.3 is 0 Å². The van der Waals surface area contributed by atoms with E-state index in [-0.39, 0.29) is 29.7 Å². The molecule has 1 aliphatic rings. The second-order valence-electron chi connectivity index (χ2n) is 7.22. The van der Waals surface area contributed by atoms with E-state index in [4.69, 9.17) is 9.47 Å². The van der Waals surface area contributed by atoms with E-state index in [1.165, 1.54) is 43.5 Å². The number of thioether (sulfide) groups is 1. The molecule has 0 radical (unpaired) electrons. The first-order chi connectivity index (χ1) is 15.9. The van der Waals surface area contributed by atoms with Gasteiger partial charge in [-0.25, -0.2) is 8.78 Å². The van der Waals surface area contributed by atoms with Crippen LogP contribution >= 0.6 is 11.8 Å². The van der Waals surface area contributed by atoms with Crippen molar-refractivity contribution in [1.82, 2.24) is 4.90 Å². The van der Waals surface area contributed by atoms with Crippen molar-refractivity contribution in [3.8, 4) is 11.5 Å². The number of imide groups is 1. The summed E-state index contributed by atoms with van der Waals surface area (Å²) >= 11 is 0.842. The highest BCUT2D eigenvalue weighted by atomic mass is 32.2. The molecule has 4 rings (SSSR count). The molecule has 0 N–H and O–H groups in total. The fourth-order valence-corrected chi connectivity index (χ4v) is 4.08. The Balaban J connectivity index is 1.48. The molecule has 1 fully saturated rings. The van der Waals surface area contributed by atoms with E-state index in [9.17, 15) is 18.4 Å². The molecule has 0 bridgehead atoms. The maximum atomic E-state index is 13.4. The Morgan fingerprint density at radius 3 is 2.42 bits per heavy atom. The Kier molecular flexibility index (Phi) is 6.74. The zero-order chi connectivity index (χ0) is 23.4. The summed E-state index contributed by atoms with van der Waals surface area (Å²) in [5.74, 6) is -0.245. The normalized spacial score (nSPS) is 14.8. The zero-order valence-electron chi connectivity index (χ0n) is 17.6. The van der Waals surface area contributed by atoms with E-state index in [2.05, 4.69) is 0 Å². The lowest BCUT2D eigenvalue weighted by molar-refractivity contribution is -0.123. The van der Waals surface area contributed by atoms with Gasteiger partial charge in [-0.1, -0.05) is 30.3 Å². The third-order valence-corrected chi connectivity index (χ3v) is 5.80. The molecule has 3 aromatic carbocycles. The Labute approximate surface area is 193 Å². The van der Waals surface area contributed by atoms with Gasteiger partial charge in [0.2, 0.25) is 0 Å². The second-order valence-corrected chi connectivity index (χ2v) is 8.22. The lowest BCUT2D eigenvalue weighted by Crippen LogP contribution is -2.27. The minimum atomic E-state index is -0.417. The van der Waals surface area contributed by atoms with E-state index >= 15 is 0 Å². The number of amides is 2. The predicted molar refractivity (Wildman–Crippen MR) is 122 cm³/mol. The van der Waals surface area contributed by atoms with Crippen molar-refractivity contribution in [2.75, 3.05) is 7.11 Å². The smallest absolute Gasteiger partial charge is 0.293 e. The molecule has 0 aromatic heterocycles. The maximum Gasteiger partial charge on any atom is 0.293 e. The standard InChI is InChI=1S/C25H19F2NO4S/c1-31-22-12-17(7-10-21(22)32-15-18-3-2-4-20(27)11-18)13-23-24(29)28(25(30)33-23)14-16-5-8-19(26)9-6-16/h2-13H,14-15H2,1H3. The highest BCUT2D eigenvalue weighted by molar-refractivity contribution is 8.18. The fraction of sp³-hybridized carbons (Fsp3) is 0.120. The van der Waals surface area contributed by atoms with Crippen LogP contribution < -0.4 is 9.47 Å². The van der Waals surface area contributed by atoms with Crippen molar-refractivity contribution in [3.63, 3.8) is 0 Å². The van der Waals surface area contributed by atoms with Crippen molar-refractivity contribution in [1.29, 1.82) is 0 Å². The number of halogens is 2. The average Bonchev–Trinajstić information content (AvgIpc) is 3.06. The molecule has 33 heavy (non-hydrogen) atoms. The molecule has 5 nitrogen and oxygen atoms in total. The van der Waals surface area contributed by atoms with Gasteiger partial charge < -0.3 is 9.47 Å². The zero-order valence-corrected chi connectivity index (χ0v) is 18.4. The Morgan fingerprint density at radius 1 is 0.909 bits per heavy atom. The largest absolute Gasteiger partial charge is 0.493 e. The maximum absolute atomic E-state index is 13.4. The topological polar surface area (TPSA) is 55.8 Å². The number of carbonyl (C=O) groups excluding carboxylic acids is 2. The lowest BCUT2D eigenvalue weighted by atomic mass is 10.1. The minimum Gasteiger partial charge on any atom is -0.493 e. The Bertz CT molecular complexity index is 1230. The quantitative estimate of drug-likeness (QED) is 0.412. The van der Waals surface area contributed by atoms with Crippen LogP contribution in [0.5, 0.6) is 11.5 Å². The SMILES string of the molecule is COc1cc(C=C2SC(=O)N(Cc3ccc(F)cc3)C2=O)ccc1OCc1cccc(F)c1. The van der Waals surface area contributed by atoms with Crippen LogP contribution in [0.4, 0.5) is 13.6 Å². The average molecular weight is 467 g/mol. The summed E-state index contributed by atoms with van der Waals surface area (Å²) in [7, 11) is 1.49. The van der Waals surface area contributed by atoms with Crippen LogP contribution in [0.25, 0.3) is 6.08 Å². The summed E-state index contributed by atoms with van der Waals surface area (Å²) in [4.78, 5) is 26.5. The van der Waals surface area contributed by atoms with Gasteiger partial charge in [0.1, 0.15) is 18.2 Å². The van der Waals surface area contributed by atoms with Crippen molar-refractivity contribution >= 4 is 29.0 Å². The lowest BCUT2D eigenvalue weighted by Gasteiger charge is -2.12. The van der Waals surface area contributed by atoms with Crippen LogP contribution in [-0.2, 0) is 17.9 Å². The third-order valence-electron chi connectivity index (χ3n) is 4.90. The van der Waals surface area contributed by atoms with E-state index in [1.54, 1.807) is 36.4 Å². The van der Waals surface area contributed by atoms with Gasteiger partial charge in [-0.3, -0.25) is 14.5 Å². The molecule has 8 heteroatoms. The van der Waals surface area contributed by atoms with Crippen LogP contribution in [0.2, 0.25) is 0 Å². The predicted octanol–water partition coefficient (Wildman–Crippen LogP) is 5.79. The van der Waals surface area contributed by atoms with Crippen molar-refractivity contribution in [2.24, 2.45) is 0 Å². The van der Waals surface area contributed by atoms with Gasteiger partial charge in [0.15, 0.2) is 11.5 Å². The summed E-state index contributed by atoms with van der Waals surface area (Å²) in [6.07, 6.45) is 1.61. The van der Waals surface area contributed by atoms with E-state index in [1.807, 2.05) is 0 Å². The second kappa shape index (κ2) is 9.87. The molecule has 0 spiro atoms. The Hall–Kier alpha value is -3.65. The van der Waals surface area contributed by atoms with Gasteiger partial charge in [0, 0.05) is 0 Å². The molecule has 1 aliphatic heterocycles. The number of nitrogens with zero attached hydrogens (tertiary/aromatic N) is 1. The van der Waals surface area contributed by atoms with Gasteiger partial charge in [-0.15, -0.1) is 0 Å². The molecule has 0 atom stereocenters. The Morgan fingerprint density at radius 2 is 1.70 bits per heavy atom. The van der Waals surface area contributed by atoms with Crippen molar-refractivity contribution in [3.05, 3.63) is 100.0 Å². The monoisotopic (exact) mass is 467 g/mol. The van der Waals surface area contributed by atoms with Gasteiger partial charge in [-0.05, 0) is 70.9 Å². The first-order valence-corrected chi connectivity index (χ1v) is 10.8. The number of rotatable bonds is 7. The molecule has 2 amide bonds. The first kappa shape index (κ1) is 22.5. The van der Waals surface area contributed by atoms with Crippen LogP contribution in [0.15, 0.2) is 71.6 Å². The first-order valence-electron chi connectivity index (χ1n) is 9.98. The summed E-state index contributed by atoms with van der Waals surface area (Å²) in [5.41, 5.74) is 1.98. The summed E-state index contributed by atoms with van der Waals surface area (Å²) in [5, 5.41) is -0.391. The minimum absolute atomic E-state index is 0.0679. The third kappa shape index (κ3) is 5.40. The molecule has 168 valence electrons. The molecule has 0 aliphatic carbocycles. The summed E-state index contributed by atoms with van der Waals surface area (Å²) in [6, 6.07) is 16.9. The molecule has 0 saturated carbocycles. The molecule has 1 heterocycles. The summed E-state index contributed by atoms with van der Waals surface area (Å²) < 4.78 is 37.6. The van der Waals surface area contributed by atoms with Crippen LogP contribution in [0.3, 0.4) is 0 Å². The molecule has 0 unspecified atom stereocenters. The summed E-state index contributed by atoms with van der Waals surface area (Å²) in [6.45, 7) is 0.230. The van der Waals surface area contributed by atoms with E-state index in [0.29, 0.717) is 28.2 Å². The van der Waals surface area contributed by atoms with Crippen LogP contribution in [-0.4, -0.2) is 23.2 Å². The van der Waals surface area contributed by atoms with Crippen LogP contribution in [0.1, 0.15) is 16.7 Å². The fourth-order valence-electron chi connectivity index (χ4n) is 3.24. The number of carbonyl (C=O) groups is 2. The van der Waals surface area contributed by atoms with Gasteiger partial charge in [0.25, 0.3) is 11.1 Å². The van der Waals surface area contributed by atoms with Gasteiger partial charge in [-0.2, -0.15) is 0 Å². The van der Waals surface area contributed by atoms with E-state index < -0.39 is 11.1 Å². The molecular formula is C25H19F2NO4S. The van der Waals surface area contributed by atoms with Crippen molar-refractivity contribution < 1.29 is 27.8 Å². The highest BCUT2D eigenvalue weighted by Crippen LogP contribution is 2.35. The van der Waals surface area contributed by atoms with Crippen LogP contribution in [0, 0.1) is 11.6 Å². The van der Waals surface area contributed by atoms with E-state index in [0.717, 1.165) is 16.7 Å². The number of benzene rings is 3.